The van der Waals surface area contributed by atoms with E-state index in [4.69, 9.17) is 32.7 Å². The first-order chi connectivity index (χ1) is 13.5. The Hall–Kier alpha value is -1.27. The summed E-state index contributed by atoms with van der Waals surface area (Å²) < 4.78 is 12.9. The Balaban J connectivity index is 1.66. The molecule has 2 saturated heterocycles. The number of anilines is 1. The molecule has 3 N–H and O–H groups in total. The number of nitrogens with zero attached hydrogens (tertiary/aromatic N) is 5. The van der Waals surface area contributed by atoms with Crippen LogP contribution < -0.4 is 5.43 Å². The van der Waals surface area contributed by atoms with Crippen LogP contribution in [0.25, 0.3) is 11.2 Å². The van der Waals surface area contributed by atoms with Crippen LogP contribution in [-0.4, -0.2) is 78.3 Å². The molecule has 2 fully saturated rings. The molecule has 4 heterocycles. The molecular formula is C16H22Cl2N6O4. The van der Waals surface area contributed by atoms with Gasteiger partial charge in [0.2, 0.25) is 5.28 Å². The van der Waals surface area contributed by atoms with E-state index in [1.807, 2.05) is 11.9 Å². The number of rotatable bonds is 6. The average Bonchev–Trinajstić information content (AvgIpc) is 3.35. The van der Waals surface area contributed by atoms with Crippen LogP contribution in [0.3, 0.4) is 0 Å². The van der Waals surface area contributed by atoms with E-state index in [2.05, 4.69) is 20.4 Å². The molecule has 2 aromatic rings. The lowest BCUT2D eigenvalue weighted by Crippen LogP contribution is -2.37. The van der Waals surface area contributed by atoms with Crippen molar-refractivity contribution in [1.82, 2.24) is 24.5 Å². The van der Waals surface area contributed by atoms with Gasteiger partial charge in [0.1, 0.15) is 24.5 Å². The summed E-state index contributed by atoms with van der Waals surface area (Å²) in [6, 6.07) is 0. The van der Waals surface area contributed by atoms with E-state index in [0.29, 0.717) is 23.6 Å². The van der Waals surface area contributed by atoms with Gasteiger partial charge in [-0.1, -0.05) is 0 Å². The number of aliphatic hydroxyl groups excluding tert-OH is 2. The van der Waals surface area contributed by atoms with Crippen LogP contribution in [0.15, 0.2) is 6.33 Å². The quantitative estimate of drug-likeness (QED) is 0.455. The zero-order chi connectivity index (χ0) is 19.8. The number of hydrazine groups is 1. The second-order valence-corrected chi connectivity index (χ2v) is 7.37. The Morgan fingerprint density at radius 1 is 1.36 bits per heavy atom. The number of ether oxygens (including phenoxy) is 2. The molecule has 12 heteroatoms. The van der Waals surface area contributed by atoms with E-state index >= 15 is 0 Å². The van der Waals surface area contributed by atoms with Crippen molar-refractivity contribution in [2.75, 3.05) is 24.5 Å². The van der Waals surface area contributed by atoms with Gasteiger partial charge < -0.3 is 19.7 Å². The summed E-state index contributed by atoms with van der Waals surface area (Å²) >= 11 is 11.9. The molecule has 2 aromatic heterocycles. The van der Waals surface area contributed by atoms with Gasteiger partial charge in [-0.25, -0.2) is 4.98 Å². The van der Waals surface area contributed by atoms with E-state index in [1.54, 1.807) is 0 Å². The molecule has 3 unspecified atom stereocenters. The molecule has 0 radical (unpaired) electrons. The number of hydrogen-bond donors (Lipinski definition) is 3. The third kappa shape index (κ3) is 3.54. The van der Waals surface area contributed by atoms with Crippen molar-refractivity contribution >= 4 is 40.2 Å². The van der Waals surface area contributed by atoms with Gasteiger partial charge >= 0.3 is 0 Å². The number of aromatic nitrogens is 4. The Bertz CT molecular complexity index is 839. The lowest BCUT2D eigenvalue weighted by Gasteiger charge is -2.25. The number of nitrogens with one attached hydrogen (secondary N) is 1. The number of imidazole rings is 1. The van der Waals surface area contributed by atoms with Gasteiger partial charge in [-0.15, -0.1) is 11.6 Å². The Labute approximate surface area is 171 Å². The first-order valence-corrected chi connectivity index (χ1v) is 10.1. The molecule has 154 valence electrons. The Morgan fingerprint density at radius 2 is 2.18 bits per heavy atom. The SMILES string of the molecule is CCOC1CCCN1Nc1nc(Cl)nc2c1ncn2[C@@H]1O[C@H](CCl)C(O)C1O. The van der Waals surface area contributed by atoms with Gasteiger partial charge in [0, 0.05) is 13.2 Å². The minimum absolute atomic E-state index is 0.0193. The summed E-state index contributed by atoms with van der Waals surface area (Å²) in [6.45, 7) is 3.36. The number of hydrogen-bond acceptors (Lipinski definition) is 9. The standard InChI is InChI=1S/C16H22Cl2N6O4/c1-2-27-9-4-3-5-24(9)22-13-10-14(21-16(18)20-13)23(7-19-10)15-12(26)11(25)8(6-17)28-15/h7-9,11-12,15,25-26H,2-6H2,1H3,(H,20,21,22)/t8-,9?,11?,12?,15-/m1/s1. The van der Waals surface area contributed by atoms with E-state index in [0.717, 1.165) is 19.4 Å². The van der Waals surface area contributed by atoms with Crippen LogP contribution in [0, 0.1) is 0 Å². The molecule has 0 spiro atoms. The molecule has 28 heavy (non-hydrogen) atoms. The minimum Gasteiger partial charge on any atom is -0.387 e. The number of fused-ring (bicyclic) bond motifs is 1. The van der Waals surface area contributed by atoms with Crippen molar-refractivity contribution in [3.05, 3.63) is 11.6 Å². The summed E-state index contributed by atoms with van der Waals surface area (Å²) in [6.07, 6.45) is -0.530. The molecule has 4 rings (SSSR count). The second kappa shape index (κ2) is 8.23. The van der Waals surface area contributed by atoms with E-state index in [-0.39, 0.29) is 17.4 Å². The van der Waals surface area contributed by atoms with E-state index in [1.165, 1.54) is 10.9 Å². The van der Waals surface area contributed by atoms with Crippen molar-refractivity contribution in [2.45, 2.75) is 50.5 Å². The predicted octanol–water partition coefficient (Wildman–Crippen LogP) is 1.12. The highest BCUT2D eigenvalue weighted by atomic mass is 35.5. The highest BCUT2D eigenvalue weighted by Gasteiger charge is 2.44. The van der Waals surface area contributed by atoms with E-state index < -0.39 is 24.5 Å². The van der Waals surface area contributed by atoms with Crippen molar-refractivity contribution in [2.24, 2.45) is 0 Å². The topological polar surface area (TPSA) is 118 Å². The van der Waals surface area contributed by atoms with Crippen molar-refractivity contribution in [3.8, 4) is 0 Å². The van der Waals surface area contributed by atoms with Crippen LogP contribution >= 0.6 is 23.2 Å². The maximum Gasteiger partial charge on any atom is 0.226 e. The molecule has 2 aliphatic heterocycles. The summed E-state index contributed by atoms with van der Waals surface area (Å²) in [5, 5.41) is 22.4. The fourth-order valence-electron chi connectivity index (χ4n) is 3.61. The fraction of sp³-hybridized carbons (Fsp3) is 0.688. The second-order valence-electron chi connectivity index (χ2n) is 6.72. The largest absolute Gasteiger partial charge is 0.387 e. The molecule has 0 amide bonds. The first-order valence-electron chi connectivity index (χ1n) is 9.16. The molecule has 5 atom stereocenters. The number of aliphatic hydroxyl groups is 2. The van der Waals surface area contributed by atoms with Crippen LogP contribution in [-0.2, 0) is 9.47 Å². The van der Waals surface area contributed by atoms with Gasteiger partial charge in [-0.3, -0.25) is 9.99 Å². The maximum absolute atomic E-state index is 10.4. The molecule has 10 nitrogen and oxygen atoms in total. The van der Waals surface area contributed by atoms with Crippen LogP contribution in [0.5, 0.6) is 0 Å². The fourth-order valence-corrected chi connectivity index (χ4v) is 4.03. The van der Waals surface area contributed by atoms with Gasteiger partial charge in [-0.2, -0.15) is 15.0 Å². The van der Waals surface area contributed by atoms with Gasteiger partial charge in [0.15, 0.2) is 23.2 Å². The number of alkyl halides is 1. The molecule has 0 saturated carbocycles. The highest BCUT2D eigenvalue weighted by Crippen LogP contribution is 2.33. The maximum atomic E-state index is 10.4. The van der Waals surface area contributed by atoms with Crippen LogP contribution in [0.1, 0.15) is 26.0 Å². The summed E-state index contributed by atoms with van der Waals surface area (Å²) in [5.74, 6) is 0.486. The van der Waals surface area contributed by atoms with Crippen molar-refractivity contribution in [1.29, 1.82) is 0 Å². The lowest BCUT2D eigenvalue weighted by atomic mass is 10.1. The molecule has 0 aromatic carbocycles. The van der Waals surface area contributed by atoms with Crippen LogP contribution in [0.4, 0.5) is 5.82 Å². The lowest BCUT2D eigenvalue weighted by molar-refractivity contribution is -0.0291. The monoisotopic (exact) mass is 432 g/mol. The zero-order valence-electron chi connectivity index (χ0n) is 15.2. The van der Waals surface area contributed by atoms with Crippen LogP contribution in [0.2, 0.25) is 5.28 Å². The zero-order valence-corrected chi connectivity index (χ0v) is 16.7. The van der Waals surface area contributed by atoms with Gasteiger partial charge in [0.25, 0.3) is 0 Å². The van der Waals surface area contributed by atoms with Crippen molar-refractivity contribution in [3.63, 3.8) is 0 Å². The van der Waals surface area contributed by atoms with Crippen molar-refractivity contribution < 1.29 is 19.7 Å². The number of halogens is 2. The molecule has 0 bridgehead atoms. The molecule has 0 aliphatic carbocycles. The summed E-state index contributed by atoms with van der Waals surface area (Å²) in [7, 11) is 0. The Morgan fingerprint density at radius 3 is 2.89 bits per heavy atom. The third-order valence-electron chi connectivity index (χ3n) is 4.96. The van der Waals surface area contributed by atoms with Gasteiger partial charge in [0.05, 0.1) is 12.2 Å². The average molecular weight is 433 g/mol. The first kappa shape index (κ1) is 20.0. The summed E-state index contributed by atoms with van der Waals surface area (Å²) in [5.41, 5.74) is 4.07. The Kier molecular flexibility index (Phi) is 5.88. The molecular weight excluding hydrogens is 411 g/mol. The smallest absolute Gasteiger partial charge is 0.226 e. The minimum atomic E-state index is -1.17. The predicted molar refractivity (Wildman–Crippen MR) is 102 cm³/mol. The molecule has 2 aliphatic rings. The third-order valence-corrected chi connectivity index (χ3v) is 5.44. The van der Waals surface area contributed by atoms with Gasteiger partial charge in [-0.05, 0) is 31.4 Å². The normalized spacial score (nSPS) is 31.1. The highest BCUT2D eigenvalue weighted by molar-refractivity contribution is 6.28. The summed E-state index contributed by atoms with van der Waals surface area (Å²) in [4.78, 5) is 12.9. The van der Waals surface area contributed by atoms with E-state index in [9.17, 15) is 10.2 Å².